The van der Waals surface area contributed by atoms with Crippen LogP contribution in [0, 0.1) is 0 Å². The molecule has 0 bridgehead atoms. The highest BCUT2D eigenvalue weighted by molar-refractivity contribution is 6.30. The number of nitrogens with one attached hydrogen (secondary N) is 1. The molecule has 0 heterocycles. The Hall–Kier alpha value is -1.87. The molecule has 100 valence electrons. The summed E-state index contributed by atoms with van der Waals surface area (Å²) in [5.74, 6) is 1.06. The minimum Gasteiger partial charge on any atom is -0.508 e. The number of phenolic OH excluding ortho intramolecular Hbond substituents is 1. The first-order valence-corrected chi connectivity index (χ1v) is 6.51. The normalized spacial score (nSPS) is 10.2. The van der Waals surface area contributed by atoms with Gasteiger partial charge in [0.05, 0.1) is 6.61 Å². The van der Waals surface area contributed by atoms with Gasteiger partial charge in [-0.25, -0.2) is 0 Å². The zero-order chi connectivity index (χ0) is 13.7. The highest BCUT2D eigenvalue weighted by Gasteiger charge is 2.02. The largest absolute Gasteiger partial charge is 0.508 e. The topological polar surface area (TPSA) is 41.5 Å². The molecule has 2 aromatic rings. The fourth-order valence-electron chi connectivity index (χ4n) is 1.76. The highest BCUT2D eigenvalue weighted by Crippen LogP contribution is 2.23. The van der Waals surface area contributed by atoms with E-state index in [4.69, 9.17) is 16.3 Å². The lowest BCUT2D eigenvalue weighted by atomic mass is 10.2. The van der Waals surface area contributed by atoms with E-state index in [1.54, 1.807) is 18.2 Å². The molecule has 0 saturated carbocycles. The number of aromatic hydroxyl groups is 1. The third kappa shape index (κ3) is 3.80. The average Bonchev–Trinajstić information content (AvgIpc) is 2.41. The first kappa shape index (κ1) is 13.6. The summed E-state index contributed by atoms with van der Waals surface area (Å²) in [6.45, 7) is 3.09. The predicted molar refractivity (Wildman–Crippen MR) is 78.1 cm³/mol. The van der Waals surface area contributed by atoms with Crippen LogP contribution in [0.4, 0.5) is 5.69 Å². The predicted octanol–water partition coefficient (Wildman–Crippen LogP) is 4.06. The Morgan fingerprint density at radius 2 is 2.05 bits per heavy atom. The van der Waals surface area contributed by atoms with Crippen molar-refractivity contribution in [2.75, 3.05) is 11.9 Å². The van der Waals surface area contributed by atoms with Gasteiger partial charge in [0.25, 0.3) is 0 Å². The van der Waals surface area contributed by atoms with E-state index in [1.165, 1.54) is 0 Å². The molecule has 2 N–H and O–H groups in total. The van der Waals surface area contributed by atoms with Crippen LogP contribution in [0.5, 0.6) is 11.5 Å². The fourth-order valence-corrected chi connectivity index (χ4v) is 1.95. The van der Waals surface area contributed by atoms with Crippen molar-refractivity contribution in [3.05, 3.63) is 53.1 Å². The maximum atomic E-state index is 9.73. The Kier molecular flexibility index (Phi) is 4.53. The summed E-state index contributed by atoms with van der Waals surface area (Å²) in [6, 6.07) is 12.7. The quantitative estimate of drug-likeness (QED) is 0.866. The average molecular weight is 278 g/mol. The Morgan fingerprint density at radius 3 is 2.84 bits per heavy atom. The van der Waals surface area contributed by atoms with Crippen LogP contribution >= 0.6 is 11.6 Å². The van der Waals surface area contributed by atoms with E-state index in [2.05, 4.69) is 5.32 Å². The summed E-state index contributed by atoms with van der Waals surface area (Å²) in [7, 11) is 0. The maximum Gasteiger partial charge on any atom is 0.121 e. The number of phenols is 1. The molecule has 0 aromatic heterocycles. The molecule has 19 heavy (non-hydrogen) atoms. The van der Waals surface area contributed by atoms with Crippen molar-refractivity contribution in [1.29, 1.82) is 0 Å². The second kappa shape index (κ2) is 6.34. The van der Waals surface area contributed by atoms with Gasteiger partial charge in [-0.3, -0.25) is 0 Å². The molecule has 0 spiro atoms. The van der Waals surface area contributed by atoms with Crippen molar-refractivity contribution >= 4 is 17.3 Å². The molecule has 4 heteroatoms. The van der Waals surface area contributed by atoms with E-state index in [0.29, 0.717) is 18.2 Å². The third-order valence-corrected chi connectivity index (χ3v) is 2.90. The number of rotatable bonds is 5. The Labute approximate surface area is 117 Å². The van der Waals surface area contributed by atoms with Crippen molar-refractivity contribution in [2.24, 2.45) is 0 Å². The molecule has 0 fully saturated rings. The lowest BCUT2D eigenvalue weighted by Gasteiger charge is -2.10. The number of hydrogen-bond donors (Lipinski definition) is 2. The molecule has 2 rings (SSSR count). The molecule has 0 saturated heterocycles. The monoisotopic (exact) mass is 277 g/mol. The second-order valence-electron chi connectivity index (χ2n) is 4.09. The molecular weight excluding hydrogens is 262 g/mol. The number of halogens is 1. The van der Waals surface area contributed by atoms with Crippen LogP contribution in [0.25, 0.3) is 0 Å². The zero-order valence-electron chi connectivity index (χ0n) is 10.7. The lowest BCUT2D eigenvalue weighted by Crippen LogP contribution is -2.00. The third-order valence-electron chi connectivity index (χ3n) is 2.67. The van der Waals surface area contributed by atoms with Crippen LogP contribution in [-0.4, -0.2) is 11.7 Å². The van der Waals surface area contributed by atoms with Gasteiger partial charge in [-0.05, 0) is 37.3 Å². The van der Waals surface area contributed by atoms with E-state index in [-0.39, 0.29) is 5.75 Å². The first-order chi connectivity index (χ1) is 9.19. The van der Waals surface area contributed by atoms with E-state index < -0.39 is 0 Å². The van der Waals surface area contributed by atoms with Crippen LogP contribution < -0.4 is 10.1 Å². The number of benzene rings is 2. The molecule has 0 atom stereocenters. The molecule has 3 nitrogen and oxygen atoms in total. The zero-order valence-corrected chi connectivity index (χ0v) is 11.4. The second-order valence-corrected chi connectivity index (χ2v) is 4.52. The van der Waals surface area contributed by atoms with Gasteiger partial charge in [-0.1, -0.05) is 17.7 Å². The SMILES string of the molecule is CCOc1cccc(NCc2cc(Cl)ccc2O)c1. The van der Waals surface area contributed by atoms with Crippen LogP contribution in [0.1, 0.15) is 12.5 Å². The van der Waals surface area contributed by atoms with Gasteiger partial charge < -0.3 is 15.2 Å². The summed E-state index contributed by atoms with van der Waals surface area (Å²) in [5, 5.41) is 13.6. The number of ether oxygens (including phenoxy) is 1. The molecule has 0 radical (unpaired) electrons. The van der Waals surface area contributed by atoms with E-state index in [1.807, 2.05) is 31.2 Å². The van der Waals surface area contributed by atoms with E-state index >= 15 is 0 Å². The van der Waals surface area contributed by atoms with Gasteiger partial charge in [0.15, 0.2) is 0 Å². The summed E-state index contributed by atoms with van der Waals surface area (Å²) in [5.41, 5.74) is 1.69. The van der Waals surface area contributed by atoms with Crippen LogP contribution in [0.15, 0.2) is 42.5 Å². The smallest absolute Gasteiger partial charge is 0.121 e. The van der Waals surface area contributed by atoms with Gasteiger partial charge in [0.1, 0.15) is 11.5 Å². The van der Waals surface area contributed by atoms with Gasteiger partial charge >= 0.3 is 0 Å². The van der Waals surface area contributed by atoms with Gasteiger partial charge in [-0.15, -0.1) is 0 Å². The summed E-state index contributed by atoms with van der Waals surface area (Å²) in [6.07, 6.45) is 0. The summed E-state index contributed by atoms with van der Waals surface area (Å²) in [4.78, 5) is 0. The standard InChI is InChI=1S/C15H16ClNO2/c1-2-19-14-5-3-4-13(9-14)17-10-11-8-12(16)6-7-15(11)18/h3-9,17-18H,2,10H2,1H3. The number of hydrogen-bond acceptors (Lipinski definition) is 3. The minimum atomic E-state index is 0.234. The fraction of sp³-hybridized carbons (Fsp3) is 0.200. The van der Waals surface area contributed by atoms with Gasteiger partial charge in [-0.2, -0.15) is 0 Å². The minimum absolute atomic E-state index is 0.234. The van der Waals surface area contributed by atoms with Crippen molar-refractivity contribution in [2.45, 2.75) is 13.5 Å². The molecule has 0 amide bonds. The van der Waals surface area contributed by atoms with Crippen LogP contribution in [0.3, 0.4) is 0 Å². The Bertz CT molecular complexity index is 558. The van der Waals surface area contributed by atoms with Gasteiger partial charge in [0.2, 0.25) is 0 Å². The van der Waals surface area contributed by atoms with Gasteiger partial charge in [0, 0.05) is 28.9 Å². The lowest BCUT2D eigenvalue weighted by molar-refractivity contribution is 0.340. The Morgan fingerprint density at radius 1 is 1.21 bits per heavy atom. The van der Waals surface area contributed by atoms with Crippen molar-refractivity contribution < 1.29 is 9.84 Å². The molecule has 2 aromatic carbocycles. The van der Waals surface area contributed by atoms with E-state index in [0.717, 1.165) is 17.0 Å². The summed E-state index contributed by atoms with van der Waals surface area (Å²) < 4.78 is 5.43. The molecule has 0 aliphatic carbocycles. The van der Waals surface area contributed by atoms with Crippen LogP contribution in [0.2, 0.25) is 5.02 Å². The van der Waals surface area contributed by atoms with Crippen LogP contribution in [-0.2, 0) is 6.54 Å². The summed E-state index contributed by atoms with van der Waals surface area (Å²) >= 11 is 5.91. The van der Waals surface area contributed by atoms with Crippen molar-refractivity contribution in [1.82, 2.24) is 0 Å². The number of anilines is 1. The van der Waals surface area contributed by atoms with Crippen molar-refractivity contribution in [3.63, 3.8) is 0 Å². The first-order valence-electron chi connectivity index (χ1n) is 6.13. The molecule has 0 unspecified atom stereocenters. The maximum absolute atomic E-state index is 9.73. The van der Waals surface area contributed by atoms with Crippen molar-refractivity contribution in [3.8, 4) is 11.5 Å². The molecular formula is C15H16ClNO2. The molecule has 0 aliphatic heterocycles. The Balaban J connectivity index is 2.05. The molecule has 0 aliphatic rings. The highest BCUT2D eigenvalue weighted by atomic mass is 35.5. The van der Waals surface area contributed by atoms with E-state index in [9.17, 15) is 5.11 Å².